The number of hydrogen-bond donors (Lipinski definition) is 0. The second kappa shape index (κ2) is 7.65. The summed E-state index contributed by atoms with van der Waals surface area (Å²) in [6.45, 7) is 0.348. The lowest BCUT2D eigenvalue weighted by molar-refractivity contribution is -0.141. The molecule has 0 aliphatic rings. The number of benzene rings is 1. The van der Waals surface area contributed by atoms with E-state index in [2.05, 4.69) is 15.1 Å². The molecule has 3 heterocycles. The van der Waals surface area contributed by atoms with Gasteiger partial charge in [0.1, 0.15) is 5.69 Å². The van der Waals surface area contributed by atoms with Crippen molar-refractivity contribution in [2.45, 2.75) is 17.9 Å². The van der Waals surface area contributed by atoms with Gasteiger partial charge in [0.15, 0.2) is 0 Å². The summed E-state index contributed by atoms with van der Waals surface area (Å²) in [6.07, 6.45) is 1.13. The highest BCUT2D eigenvalue weighted by molar-refractivity contribution is 7.90. The van der Waals surface area contributed by atoms with Crippen molar-refractivity contribution >= 4 is 9.84 Å². The van der Waals surface area contributed by atoms with Gasteiger partial charge in [-0.05, 0) is 42.0 Å². The highest BCUT2D eigenvalue weighted by atomic mass is 32.2. The molecular formula is C20H16F3N5O2S. The van der Waals surface area contributed by atoms with Gasteiger partial charge in [0, 0.05) is 31.4 Å². The summed E-state index contributed by atoms with van der Waals surface area (Å²) in [5, 5.41) is 3.29. The highest BCUT2D eigenvalue weighted by Gasteiger charge is 2.35. The van der Waals surface area contributed by atoms with Gasteiger partial charge in [-0.15, -0.1) is 0 Å². The third kappa shape index (κ3) is 4.50. The van der Waals surface area contributed by atoms with Gasteiger partial charge in [-0.1, -0.05) is 12.1 Å². The van der Waals surface area contributed by atoms with Crippen molar-refractivity contribution in [1.82, 2.24) is 24.3 Å². The molecule has 1 aromatic carbocycles. The summed E-state index contributed by atoms with van der Waals surface area (Å²) < 4.78 is 66.9. The van der Waals surface area contributed by atoms with E-state index in [1.54, 1.807) is 33.8 Å². The van der Waals surface area contributed by atoms with Crippen LogP contribution in [0, 0.1) is 0 Å². The van der Waals surface area contributed by atoms with Crippen molar-refractivity contribution in [3.63, 3.8) is 0 Å². The second-order valence-electron chi connectivity index (χ2n) is 6.83. The van der Waals surface area contributed by atoms with E-state index in [9.17, 15) is 21.6 Å². The van der Waals surface area contributed by atoms with Crippen molar-refractivity contribution in [3.8, 4) is 17.1 Å². The van der Waals surface area contributed by atoms with Crippen LogP contribution in [0.1, 0.15) is 11.3 Å². The van der Waals surface area contributed by atoms with Crippen LogP contribution in [0.5, 0.6) is 0 Å². The van der Waals surface area contributed by atoms with Crippen molar-refractivity contribution in [2.24, 2.45) is 0 Å². The van der Waals surface area contributed by atoms with Crippen LogP contribution in [-0.4, -0.2) is 39.0 Å². The molecule has 0 atom stereocenters. The third-order valence-corrected chi connectivity index (χ3v) is 5.32. The van der Waals surface area contributed by atoms with Gasteiger partial charge in [0.2, 0.25) is 15.0 Å². The average Bonchev–Trinajstić information content (AvgIpc) is 3.39. The Kier molecular flexibility index (Phi) is 5.13. The predicted molar refractivity (Wildman–Crippen MR) is 106 cm³/mol. The fourth-order valence-corrected chi connectivity index (χ4v) is 3.55. The Bertz CT molecular complexity index is 1310. The minimum atomic E-state index is -4.81. The Morgan fingerprint density at radius 2 is 1.74 bits per heavy atom. The topological polar surface area (TPSA) is 82.7 Å². The molecule has 0 aliphatic heterocycles. The van der Waals surface area contributed by atoms with E-state index >= 15 is 0 Å². The van der Waals surface area contributed by atoms with Crippen LogP contribution >= 0.6 is 0 Å². The first-order valence-electron chi connectivity index (χ1n) is 9.02. The number of rotatable bonds is 5. The Morgan fingerprint density at radius 3 is 2.35 bits per heavy atom. The summed E-state index contributed by atoms with van der Waals surface area (Å²) in [5.41, 5.74) is 0.663. The minimum absolute atomic E-state index is 0.124. The van der Waals surface area contributed by atoms with Gasteiger partial charge >= 0.3 is 6.18 Å². The number of aromatic nitrogens is 5. The van der Waals surface area contributed by atoms with Crippen LogP contribution in [0.2, 0.25) is 0 Å². The van der Waals surface area contributed by atoms with Gasteiger partial charge in [-0.2, -0.15) is 18.3 Å². The SMILES string of the molecule is CS(=O)(=O)c1nc(-c2cccn2Cc2ccc(-n3cccn3)cc2)cc(C(F)(F)F)n1. The molecule has 7 nitrogen and oxygen atoms in total. The first kappa shape index (κ1) is 20.8. The molecule has 0 saturated carbocycles. The quantitative estimate of drug-likeness (QED) is 0.437. The number of halogens is 3. The molecule has 4 aromatic rings. The lowest BCUT2D eigenvalue weighted by atomic mass is 10.2. The lowest BCUT2D eigenvalue weighted by Gasteiger charge is -2.13. The number of sulfone groups is 1. The van der Waals surface area contributed by atoms with E-state index in [-0.39, 0.29) is 5.69 Å². The van der Waals surface area contributed by atoms with E-state index < -0.39 is 26.9 Å². The molecule has 0 N–H and O–H groups in total. The summed E-state index contributed by atoms with van der Waals surface area (Å²) >= 11 is 0. The van der Waals surface area contributed by atoms with Crippen molar-refractivity contribution < 1.29 is 21.6 Å². The molecule has 31 heavy (non-hydrogen) atoms. The van der Waals surface area contributed by atoms with Gasteiger partial charge < -0.3 is 4.57 Å². The molecule has 0 spiro atoms. The molecule has 3 aromatic heterocycles. The first-order valence-corrected chi connectivity index (χ1v) is 10.9. The zero-order valence-electron chi connectivity index (χ0n) is 16.2. The Balaban J connectivity index is 1.70. The van der Waals surface area contributed by atoms with Crippen LogP contribution in [0.25, 0.3) is 17.1 Å². The van der Waals surface area contributed by atoms with Crippen LogP contribution in [0.15, 0.2) is 72.3 Å². The number of nitrogens with zero attached hydrogens (tertiary/aromatic N) is 5. The molecule has 0 saturated heterocycles. The predicted octanol–water partition coefficient (Wildman–Crippen LogP) is 3.60. The van der Waals surface area contributed by atoms with Crippen LogP contribution in [-0.2, 0) is 22.6 Å². The third-order valence-electron chi connectivity index (χ3n) is 4.48. The fourth-order valence-electron chi connectivity index (χ4n) is 3.02. The Hall–Kier alpha value is -3.47. The molecule has 0 fully saturated rings. The Morgan fingerprint density at radius 1 is 1.00 bits per heavy atom. The van der Waals surface area contributed by atoms with Crippen LogP contribution < -0.4 is 0 Å². The molecule has 4 rings (SSSR count). The van der Waals surface area contributed by atoms with Crippen molar-refractivity contribution in [2.75, 3.05) is 6.26 Å². The van der Waals surface area contributed by atoms with Gasteiger partial charge in [-0.3, -0.25) is 0 Å². The molecule has 0 bridgehead atoms. The smallest absolute Gasteiger partial charge is 0.342 e. The maximum absolute atomic E-state index is 13.3. The normalized spacial score (nSPS) is 12.3. The van der Waals surface area contributed by atoms with Gasteiger partial charge in [-0.25, -0.2) is 23.1 Å². The van der Waals surface area contributed by atoms with Gasteiger partial charge in [0.05, 0.1) is 17.1 Å². The standard InChI is InChI=1S/C20H16F3N5O2S/c1-31(29,30)19-25-16(12-18(26-19)20(21,22)23)17-4-2-10-27(17)13-14-5-7-15(8-6-14)28-11-3-9-24-28/h2-12H,13H2,1H3. The molecule has 0 radical (unpaired) electrons. The summed E-state index contributed by atoms with van der Waals surface area (Å²) in [6, 6.07) is 13.3. The molecule has 160 valence electrons. The highest BCUT2D eigenvalue weighted by Crippen LogP contribution is 2.31. The number of alkyl halides is 3. The van der Waals surface area contributed by atoms with Crippen LogP contribution in [0.4, 0.5) is 13.2 Å². The number of hydrogen-bond acceptors (Lipinski definition) is 5. The summed E-state index contributed by atoms with van der Waals surface area (Å²) in [5.74, 6) is 0. The van der Waals surface area contributed by atoms with E-state index in [4.69, 9.17) is 0 Å². The maximum atomic E-state index is 13.3. The maximum Gasteiger partial charge on any atom is 0.433 e. The van der Waals surface area contributed by atoms with Crippen molar-refractivity contribution in [3.05, 3.63) is 78.4 Å². The van der Waals surface area contributed by atoms with Crippen molar-refractivity contribution in [1.29, 1.82) is 0 Å². The molecule has 0 amide bonds. The zero-order valence-corrected chi connectivity index (χ0v) is 17.0. The van der Waals surface area contributed by atoms with Gasteiger partial charge in [0.25, 0.3) is 0 Å². The summed E-state index contributed by atoms with van der Waals surface area (Å²) in [4.78, 5) is 7.07. The molecular weight excluding hydrogens is 431 g/mol. The zero-order chi connectivity index (χ0) is 22.2. The lowest BCUT2D eigenvalue weighted by Crippen LogP contribution is -2.14. The average molecular weight is 447 g/mol. The van der Waals surface area contributed by atoms with E-state index in [0.717, 1.165) is 23.6 Å². The fraction of sp³-hybridized carbons (Fsp3) is 0.150. The first-order chi connectivity index (χ1) is 14.6. The Labute approximate surface area is 175 Å². The van der Waals surface area contributed by atoms with E-state index in [0.29, 0.717) is 12.2 Å². The monoisotopic (exact) mass is 447 g/mol. The van der Waals surface area contributed by atoms with E-state index in [1.165, 1.54) is 0 Å². The molecule has 0 aliphatic carbocycles. The minimum Gasteiger partial charge on any atom is -0.342 e. The van der Waals surface area contributed by atoms with Crippen LogP contribution in [0.3, 0.4) is 0 Å². The van der Waals surface area contributed by atoms with E-state index in [1.807, 2.05) is 36.5 Å². The largest absolute Gasteiger partial charge is 0.433 e. The molecule has 11 heteroatoms. The second-order valence-corrected chi connectivity index (χ2v) is 8.74. The summed E-state index contributed by atoms with van der Waals surface area (Å²) in [7, 11) is -4.04. The molecule has 0 unspecified atom stereocenters.